The number of carboxylic acids is 1. The van der Waals surface area contributed by atoms with Gasteiger partial charge in [-0.3, -0.25) is 4.98 Å². The molecule has 0 saturated heterocycles. The van der Waals surface area contributed by atoms with Crippen LogP contribution in [0.15, 0.2) is 78.2 Å². The summed E-state index contributed by atoms with van der Waals surface area (Å²) in [5, 5.41) is 18.9. The highest BCUT2D eigenvalue weighted by atomic mass is 32.2. The number of nitrogens with one attached hydrogen (secondary N) is 1. The molecular formula is C20H17N3O3S. The van der Waals surface area contributed by atoms with Gasteiger partial charge < -0.3 is 15.2 Å². The molecule has 0 aliphatic heterocycles. The van der Waals surface area contributed by atoms with Crippen molar-refractivity contribution in [1.29, 1.82) is 0 Å². The van der Waals surface area contributed by atoms with Crippen LogP contribution in [0.5, 0.6) is 5.75 Å². The van der Waals surface area contributed by atoms with E-state index in [4.69, 9.17) is 5.11 Å². The number of H-pyrrole nitrogens is 1. The fourth-order valence-electron chi connectivity index (χ4n) is 2.26. The number of carboxylic acid groups (broad SMARTS) is 1. The Morgan fingerprint density at radius 3 is 2.44 bits per heavy atom. The summed E-state index contributed by atoms with van der Waals surface area (Å²) < 4.78 is 0. The highest BCUT2D eigenvalue weighted by Gasteiger charge is 2.05. The molecule has 0 aliphatic carbocycles. The van der Waals surface area contributed by atoms with Gasteiger partial charge in [-0.05, 0) is 24.3 Å². The number of phenols is 1. The zero-order chi connectivity index (χ0) is 19.1. The molecular weight excluding hydrogens is 362 g/mol. The minimum atomic E-state index is -0.879. The van der Waals surface area contributed by atoms with Gasteiger partial charge in [0.1, 0.15) is 11.3 Å². The Labute approximate surface area is 159 Å². The van der Waals surface area contributed by atoms with Crippen LogP contribution < -0.4 is 0 Å². The average molecular weight is 379 g/mol. The number of imidazole rings is 1. The van der Waals surface area contributed by atoms with Crippen molar-refractivity contribution < 1.29 is 15.0 Å². The Balaban J connectivity index is 0.000000197. The Morgan fingerprint density at radius 1 is 1.04 bits per heavy atom. The molecule has 0 fully saturated rings. The fraction of sp³-hybridized carbons (Fsp3) is 0.0500. The minimum Gasteiger partial charge on any atom is -0.508 e. The summed E-state index contributed by atoms with van der Waals surface area (Å²) in [6.45, 7) is 0. The molecule has 0 radical (unpaired) electrons. The van der Waals surface area contributed by atoms with Crippen LogP contribution >= 0.6 is 11.8 Å². The molecule has 0 unspecified atom stereocenters. The lowest BCUT2D eigenvalue weighted by atomic mass is 10.2. The smallest absolute Gasteiger partial charge is 0.335 e. The number of hydrogen-bond acceptors (Lipinski definition) is 5. The van der Waals surface area contributed by atoms with E-state index in [1.807, 2.05) is 24.3 Å². The third kappa shape index (κ3) is 5.08. The number of thioether (sulfide) groups is 1. The molecule has 2 aromatic heterocycles. The maximum absolute atomic E-state index is 10.2. The van der Waals surface area contributed by atoms with Gasteiger partial charge >= 0.3 is 5.97 Å². The van der Waals surface area contributed by atoms with Gasteiger partial charge in [0.25, 0.3) is 0 Å². The minimum absolute atomic E-state index is 0.322. The van der Waals surface area contributed by atoms with E-state index in [0.717, 1.165) is 21.8 Å². The number of aromatic amines is 1. The fourth-order valence-corrected chi connectivity index (χ4v) is 3.14. The normalized spacial score (nSPS) is 10.2. The summed E-state index contributed by atoms with van der Waals surface area (Å²) in [5.74, 6) is 0.123. The number of aromatic nitrogens is 3. The van der Waals surface area contributed by atoms with E-state index in [1.54, 1.807) is 60.6 Å². The van der Waals surface area contributed by atoms with Gasteiger partial charge in [0.2, 0.25) is 0 Å². The number of benzene rings is 2. The third-order valence-electron chi connectivity index (χ3n) is 3.64. The third-order valence-corrected chi connectivity index (χ3v) is 4.56. The maximum atomic E-state index is 10.2. The van der Waals surface area contributed by atoms with Gasteiger partial charge in [0.05, 0.1) is 17.3 Å². The number of nitrogens with zero attached hydrogens (tertiary/aromatic N) is 2. The lowest BCUT2D eigenvalue weighted by Crippen LogP contribution is -1.93. The van der Waals surface area contributed by atoms with E-state index in [1.165, 1.54) is 0 Å². The number of aromatic hydroxyl groups is 1. The number of fused-ring (bicyclic) bond motifs is 1. The number of para-hydroxylation sites is 1. The highest BCUT2D eigenvalue weighted by Crippen LogP contribution is 2.26. The quantitative estimate of drug-likeness (QED) is 0.456. The molecule has 0 spiro atoms. The summed E-state index contributed by atoms with van der Waals surface area (Å²) in [7, 11) is 0. The van der Waals surface area contributed by atoms with Crippen molar-refractivity contribution >= 4 is 28.8 Å². The van der Waals surface area contributed by atoms with Gasteiger partial charge in [0, 0.05) is 17.5 Å². The molecule has 0 amide bonds. The van der Waals surface area contributed by atoms with Crippen LogP contribution in [0.1, 0.15) is 15.9 Å². The van der Waals surface area contributed by atoms with Crippen molar-refractivity contribution in [1.82, 2.24) is 15.0 Å². The van der Waals surface area contributed by atoms with Crippen LogP contribution in [0.2, 0.25) is 0 Å². The van der Waals surface area contributed by atoms with Gasteiger partial charge in [-0.1, -0.05) is 48.2 Å². The van der Waals surface area contributed by atoms with Gasteiger partial charge in [-0.25, -0.2) is 9.78 Å². The number of aromatic carboxylic acids is 1. The molecule has 3 N–H and O–H groups in total. The number of carbonyl (C=O) groups is 1. The van der Waals surface area contributed by atoms with Crippen LogP contribution in [0.25, 0.3) is 11.0 Å². The average Bonchev–Trinajstić information content (AvgIpc) is 3.11. The van der Waals surface area contributed by atoms with Crippen LogP contribution in [0.3, 0.4) is 0 Å². The maximum Gasteiger partial charge on any atom is 0.335 e. The first-order valence-electron chi connectivity index (χ1n) is 8.11. The van der Waals surface area contributed by atoms with Crippen LogP contribution in [0.4, 0.5) is 0 Å². The summed E-state index contributed by atoms with van der Waals surface area (Å²) in [5.41, 5.74) is 3.07. The monoisotopic (exact) mass is 379 g/mol. The van der Waals surface area contributed by atoms with E-state index in [2.05, 4.69) is 15.0 Å². The van der Waals surface area contributed by atoms with Gasteiger partial charge in [0.15, 0.2) is 5.16 Å². The molecule has 2 aromatic carbocycles. The largest absolute Gasteiger partial charge is 0.508 e. The highest BCUT2D eigenvalue weighted by molar-refractivity contribution is 7.98. The zero-order valence-corrected chi connectivity index (χ0v) is 15.1. The number of phenolic OH excluding ortho intramolecular Hbond substituents is 1. The van der Waals surface area contributed by atoms with E-state index in [9.17, 15) is 9.90 Å². The van der Waals surface area contributed by atoms with E-state index < -0.39 is 5.97 Å². The predicted octanol–water partition coefficient (Wildman–Crippen LogP) is 4.34. The second-order valence-electron chi connectivity index (χ2n) is 5.52. The molecule has 0 atom stereocenters. The van der Waals surface area contributed by atoms with E-state index in [0.29, 0.717) is 17.1 Å². The number of pyridine rings is 1. The van der Waals surface area contributed by atoms with Crippen molar-refractivity contribution in [2.24, 2.45) is 0 Å². The Morgan fingerprint density at radius 2 is 1.78 bits per heavy atom. The van der Waals surface area contributed by atoms with Gasteiger partial charge in [-0.2, -0.15) is 0 Å². The molecule has 27 heavy (non-hydrogen) atoms. The van der Waals surface area contributed by atoms with Crippen molar-refractivity contribution in [3.63, 3.8) is 0 Å². The van der Waals surface area contributed by atoms with Gasteiger partial charge in [-0.15, -0.1) is 0 Å². The summed E-state index contributed by atoms with van der Waals surface area (Å²) in [6.07, 6.45) is 3.47. The molecule has 0 aliphatic rings. The first-order valence-corrected chi connectivity index (χ1v) is 9.10. The van der Waals surface area contributed by atoms with Crippen molar-refractivity contribution in [3.05, 3.63) is 84.2 Å². The second kappa shape index (κ2) is 8.86. The summed E-state index contributed by atoms with van der Waals surface area (Å²) in [6, 6.07) is 17.5. The topological polar surface area (TPSA) is 99.1 Å². The Hall–Kier alpha value is -3.32. The lowest BCUT2D eigenvalue weighted by Gasteiger charge is -2.01. The summed E-state index contributed by atoms with van der Waals surface area (Å²) >= 11 is 1.56. The van der Waals surface area contributed by atoms with E-state index >= 15 is 0 Å². The molecule has 0 saturated carbocycles. The molecule has 7 heteroatoms. The predicted molar refractivity (Wildman–Crippen MR) is 105 cm³/mol. The number of rotatable bonds is 4. The van der Waals surface area contributed by atoms with Crippen LogP contribution in [-0.4, -0.2) is 31.1 Å². The molecule has 4 aromatic rings. The standard InChI is InChI=1S/C13H11N3OS.C7H6O2/c17-12-4-2-1-3-9(12)8-18-13-15-10-5-6-14-7-11(10)16-13;8-7(9)6-4-2-1-3-5-6/h1-7,17H,8H2,(H,15,16);1-5H,(H,8,9). The second-order valence-corrected chi connectivity index (χ2v) is 6.49. The molecule has 6 nitrogen and oxygen atoms in total. The Bertz CT molecular complexity index is 1000. The van der Waals surface area contributed by atoms with E-state index in [-0.39, 0.29) is 0 Å². The first kappa shape index (κ1) is 18.5. The first-order chi connectivity index (χ1) is 13.1. The van der Waals surface area contributed by atoms with Crippen LogP contribution in [-0.2, 0) is 5.75 Å². The SMILES string of the molecule is O=C(O)c1ccccc1.Oc1ccccc1CSc1nc2cnccc2[nH]1. The molecule has 4 rings (SSSR count). The molecule has 0 bridgehead atoms. The summed E-state index contributed by atoms with van der Waals surface area (Å²) in [4.78, 5) is 21.9. The number of hydrogen-bond donors (Lipinski definition) is 3. The molecule has 2 heterocycles. The zero-order valence-electron chi connectivity index (χ0n) is 14.2. The van der Waals surface area contributed by atoms with Crippen molar-refractivity contribution in [2.75, 3.05) is 0 Å². The molecule has 136 valence electrons. The van der Waals surface area contributed by atoms with Crippen molar-refractivity contribution in [3.8, 4) is 5.75 Å². The van der Waals surface area contributed by atoms with Crippen LogP contribution in [0, 0.1) is 0 Å². The van der Waals surface area contributed by atoms with Crippen molar-refractivity contribution in [2.45, 2.75) is 10.9 Å². The lowest BCUT2D eigenvalue weighted by molar-refractivity contribution is 0.0697. The Kier molecular flexibility index (Phi) is 6.06.